The number of nitrogens with zero attached hydrogens (tertiary/aromatic N) is 1. The van der Waals surface area contributed by atoms with E-state index in [0.29, 0.717) is 0 Å². The number of benzene rings is 1. The van der Waals surface area contributed by atoms with Gasteiger partial charge in [-0.2, -0.15) is 5.26 Å². The molecule has 1 aromatic rings. The highest BCUT2D eigenvalue weighted by atomic mass is 16.5. The topological polar surface area (TPSA) is 45.0 Å². The summed E-state index contributed by atoms with van der Waals surface area (Å²) in [5, 5.41) is 12.3. The Hall–Kier alpha value is -1.37. The predicted molar refractivity (Wildman–Crippen MR) is 68.6 cm³/mol. The van der Waals surface area contributed by atoms with Crippen LogP contribution >= 0.6 is 0 Å². The number of ether oxygens (including phenoxy) is 1. The fourth-order valence-corrected chi connectivity index (χ4v) is 1.68. The molecule has 0 spiro atoms. The van der Waals surface area contributed by atoms with E-state index in [0.717, 1.165) is 43.7 Å². The quantitative estimate of drug-likeness (QED) is 0.700. The van der Waals surface area contributed by atoms with Gasteiger partial charge in [-0.25, -0.2) is 0 Å². The van der Waals surface area contributed by atoms with Crippen molar-refractivity contribution in [3.8, 4) is 6.07 Å². The van der Waals surface area contributed by atoms with E-state index < -0.39 is 0 Å². The van der Waals surface area contributed by atoms with Gasteiger partial charge in [-0.15, -0.1) is 0 Å². The van der Waals surface area contributed by atoms with Crippen molar-refractivity contribution < 1.29 is 4.74 Å². The van der Waals surface area contributed by atoms with Crippen LogP contribution in [0, 0.1) is 11.3 Å². The maximum Gasteiger partial charge on any atom is 0.0995 e. The van der Waals surface area contributed by atoms with Crippen LogP contribution in [0.4, 0.5) is 0 Å². The van der Waals surface area contributed by atoms with Gasteiger partial charge in [-0.1, -0.05) is 18.2 Å². The van der Waals surface area contributed by atoms with E-state index in [4.69, 9.17) is 10.00 Å². The highest BCUT2D eigenvalue weighted by Gasteiger charge is 1.99. The van der Waals surface area contributed by atoms with Gasteiger partial charge in [0.1, 0.15) is 0 Å². The average Bonchev–Trinajstić information content (AvgIpc) is 2.38. The zero-order valence-electron chi connectivity index (χ0n) is 10.4. The highest BCUT2D eigenvalue weighted by molar-refractivity contribution is 5.37. The summed E-state index contributed by atoms with van der Waals surface area (Å²) >= 11 is 0. The Bertz CT molecular complexity index is 357. The number of methoxy groups -OCH3 is 1. The van der Waals surface area contributed by atoms with Crippen molar-refractivity contribution in [3.63, 3.8) is 0 Å². The molecule has 0 atom stereocenters. The average molecular weight is 232 g/mol. The van der Waals surface area contributed by atoms with Crippen molar-refractivity contribution in [2.45, 2.75) is 25.8 Å². The molecule has 0 fully saturated rings. The zero-order valence-corrected chi connectivity index (χ0v) is 10.4. The summed E-state index contributed by atoms with van der Waals surface area (Å²) in [7, 11) is 1.73. The first-order valence-electron chi connectivity index (χ1n) is 6.06. The minimum Gasteiger partial charge on any atom is -0.385 e. The molecular weight excluding hydrogens is 212 g/mol. The van der Waals surface area contributed by atoms with Gasteiger partial charge in [0.2, 0.25) is 0 Å². The van der Waals surface area contributed by atoms with Crippen LogP contribution in [0.2, 0.25) is 0 Å². The van der Waals surface area contributed by atoms with Crippen LogP contribution in [-0.4, -0.2) is 20.3 Å². The summed E-state index contributed by atoms with van der Waals surface area (Å²) in [6.07, 6.45) is 3.45. The number of nitrogens with one attached hydrogen (secondary N) is 1. The third kappa shape index (κ3) is 5.48. The Balaban J connectivity index is 2.16. The lowest BCUT2D eigenvalue weighted by atomic mass is 10.1. The lowest BCUT2D eigenvalue weighted by Crippen LogP contribution is -2.15. The predicted octanol–water partition coefficient (Wildman–Crippen LogP) is 2.46. The molecule has 92 valence electrons. The third-order valence-corrected chi connectivity index (χ3v) is 2.66. The first-order valence-corrected chi connectivity index (χ1v) is 6.06. The minimum atomic E-state index is 0.763. The van der Waals surface area contributed by atoms with Crippen LogP contribution in [-0.2, 0) is 11.3 Å². The lowest BCUT2D eigenvalue weighted by Gasteiger charge is -2.06. The number of hydrogen-bond acceptors (Lipinski definition) is 3. The molecule has 0 aliphatic rings. The monoisotopic (exact) mass is 232 g/mol. The van der Waals surface area contributed by atoms with E-state index in [2.05, 4.69) is 11.4 Å². The van der Waals surface area contributed by atoms with Crippen molar-refractivity contribution in [1.82, 2.24) is 5.32 Å². The van der Waals surface area contributed by atoms with E-state index >= 15 is 0 Å². The molecule has 0 unspecified atom stereocenters. The molecule has 0 radical (unpaired) electrons. The molecule has 0 aliphatic carbocycles. The standard InChI is InChI=1S/C14H20N2O/c1-17-10-6-2-5-9-16-12-14-8-4-3-7-13(14)11-15/h3-4,7-8,16H,2,5-6,9-10,12H2,1H3. The maximum absolute atomic E-state index is 8.93. The molecule has 1 aromatic carbocycles. The first kappa shape index (κ1) is 13.7. The largest absolute Gasteiger partial charge is 0.385 e. The van der Waals surface area contributed by atoms with E-state index in [9.17, 15) is 0 Å². The molecule has 1 rings (SSSR count). The van der Waals surface area contributed by atoms with Gasteiger partial charge in [0.15, 0.2) is 0 Å². The Morgan fingerprint density at radius 3 is 2.82 bits per heavy atom. The Morgan fingerprint density at radius 2 is 2.06 bits per heavy atom. The van der Waals surface area contributed by atoms with Crippen LogP contribution < -0.4 is 5.32 Å². The summed E-state index contributed by atoms with van der Waals surface area (Å²) in [4.78, 5) is 0. The van der Waals surface area contributed by atoms with Crippen molar-refractivity contribution in [1.29, 1.82) is 5.26 Å². The second kappa shape index (κ2) is 8.74. The Morgan fingerprint density at radius 1 is 1.24 bits per heavy atom. The van der Waals surface area contributed by atoms with Crippen LogP contribution in [0.15, 0.2) is 24.3 Å². The van der Waals surface area contributed by atoms with Gasteiger partial charge in [0.25, 0.3) is 0 Å². The summed E-state index contributed by atoms with van der Waals surface area (Å²) in [6.45, 7) is 2.61. The SMILES string of the molecule is COCCCCCNCc1ccccc1C#N. The smallest absolute Gasteiger partial charge is 0.0995 e. The van der Waals surface area contributed by atoms with Gasteiger partial charge in [-0.05, 0) is 37.4 Å². The molecular formula is C14H20N2O. The van der Waals surface area contributed by atoms with E-state index in [1.165, 1.54) is 6.42 Å². The van der Waals surface area contributed by atoms with E-state index in [1.54, 1.807) is 7.11 Å². The molecule has 3 nitrogen and oxygen atoms in total. The molecule has 1 N–H and O–H groups in total. The second-order valence-corrected chi connectivity index (χ2v) is 4.00. The van der Waals surface area contributed by atoms with E-state index in [1.807, 2.05) is 24.3 Å². The summed E-state index contributed by atoms with van der Waals surface area (Å²) in [5.41, 5.74) is 1.84. The number of rotatable bonds is 8. The molecule has 0 amide bonds. The fourth-order valence-electron chi connectivity index (χ4n) is 1.68. The number of unbranched alkanes of at least 4 members (excludes halogenated alkanes) is 2. The number of nitriles is 1. The minimum absolute atomic E-state index is 0.763. The van der Waals surface area contributed by atoms with Crippen molar-refractivity contribution in [2.75, 3.05) is 20.3 Å². The van der Waals surface area contributed by atoms with Crippen molar-refractivity contribution >= 4 is 0 Å². The normalized spacial score (nSPS) is 10.1. The molecule has 0 heterocycles. The van der Waals surface area contributed by atoms with Crippen LogP contribution in [0.5, 0.6) is 0 Å². The summed E-state index contributed by atoms with van der Waals surface area (Å²) < 4.78 is 4.99. The van der Waals surface area contributed by atoms with Gasteiger partial charge < -0.3 is 10.1 Å². The summed E-state index contributed by atoms with van der Waals surface area (Å²) in [5.74, 6) is 0. The lowest BCUT2D eigenvalue weighted by molar-refractivity contribution is 0.192. The van der Waals surface area contributed by atoms with Crippen LogP contribution in [0.25, 0.3) is 0 Å². The molecule has 3 heteroatoms. The molecule has 0 aromatic heterocycles. The second-order valence-electron chi connectivity index (χ2n) is 4.00. The summed E-state index contributed by atoms with van der Waals surface area (Å²) in [6, 6.07) is 9.93. The maximum atomic E-state index is 8.93. The van der Waals surface area contributed by atoms with Gasteiger partial charge in [-0.3, -0.25) is 0 Å². The van der Waals surface area contributed by atoms with Crippen LogP contribution in [0.1, 0.15) is 30.4 Å². The molecule has 17 heavy (non-hydrogen) atoms. The molecule has 0 saturated heterocycles. The van der Waals surface area contributed by atoms with Gasteiger partial charge in [0, 0.05) is 20.3 Å². The molecule has 0 saturated carbocycles. The number of hydrogen-bond donors (Lipinski definition) is 1. The zero-order chi connectivity index (χ0) is 12.3. The van der Waals surface area contributed by atoms with Crippen molar-refractivity contribution in [2.24, 2.45) is 0 Å². The van der Waals surface area contributed by atoms with E-state index in [-0.39, 0.29) is 0 Å². The Kier molecular flexibility index (Phi) is 7.04. The van der Waals surface area contributed by atoms with Crippen LogP contribution in [0.3, 0.4) is 0 Å². The molecule has 0 aliphatic heterocycles. The van der Waals surface area contributed by atoms with Crippen molar-refractivity contribution in [3.05, 3.63) is 35.4 Å². The first-order chi connectivity index (χ1) is 8.38. The Labute approximate surface area is 103 Å². The fraction of sp³-hybridized carbons (Fsp3) is 0.500. The van der Waals surface area contributed by atoms with Gasteiger partial charge >= 0.3 is 0 Å². The highest BCUT2D eigenvalue weighted by Crippen LogP contribution is 2.06. The van der Waals surface area contributed by atoms with Gasteiger partial charge in [0.05, 0.1) is 11.6 Å². The third-order valence-electron chi connectivity index (χ3n) is 2.66. The molecule has 0 bridgehead atoms.